The molecule has 1 atom stereocenters. The maximum atomic E-state index is 13.1. The van der Waals surface area contributed by atoms with E-state index < -0.39 is 24.9 Å². The largest absolute Gasteiger partial charge is 0.586 e. The van der Waals surface area contributed by atoms with Gasteiger partial charge in [-0.2, -0.15) is 0 Å². The van der Waals surface area contributed by atoms with Crippen LogP contribution in [-0.4, -0.2) is 23.9 Å². The predicted molar refractivity (Wildman–Crippen MR) is 51.6 cm³/mol. The number of aliphatic hydroxyl groups is 1. The van der Waals surface area contributed by atoms with Gasteiger partial charge in [-0.25, -0.2) is 8.78 Å². The van der Waals surface area contributed by atoms with E-state index in [4.69, 9.17) is 10.8 Å². The van der Waals surface area contributed by atoms with Gasteiger partial charge in [-0.15, -0.1) is 8.78 Å². The van der Waals surface area contributed by atoms with Crippen molar-refractivity contribution in [3.05, 3.63) is 23.8 Å². The minimum Gasteiger partial charge on any atom is -0.395 e. The number of rotatable bonds is 3. The molecule has 100 valence electrons. The van der Waals surface area contributed by atoms with Crippen LogP contribution in [0.2, 0.25) is 0 Å². The molecule has 0 radical (unpaired) electrons. The summed E-state index contributed by atoms with van der Waals surface area (Å²) in [6.45, 7) is -1.45. The average Bonchev–Trinajstić information content (AvgIpc) is 2.60. The molecule has 0 aromatic heterocycles. The number of fused-ring (bicyclic) bond motifs is 1. The van der Waals surface area contributed by atoms with Crippen LogP contribution in [-0.2, 0) is 0 Å². The van der Waals surface area contributed by atoms with E-state index in [1.807, 2.05) is 0 Å². The third-order valence-corrected chi connectivity index (χ3v) is 2.45. The monoisotopic (exact) mass is 267 g/mol. The van der Waals surface area contributed by atoms with Gasteiger partial charge in [0, 0.05) is 0 Å². The number of hydrogen-bond donors (Lipinski definition) is 2. The molecule has 0 aliphatic carbocycles. The van der Waals surface area contributed by atoms with Crippen LogP contribution in [0.25, 0.3) is 0 Å². The fraction of sp³-hybridized carbons (Fsp3) is 0.400. The van der Waals surface area contributed by atoms with E-state index in [0.29, 0.717) is 0 Å². The lowest BCUT2D eigenvalue weighted by atomic mass is 10.0. The Labute approximate surface area is 98.9 Å². The molecule has 1 aromatic carbocycles. The molecule has 2 rings (SSSR count). The highest BCUT2D eigenvalue weighted by Gasteiger charge is 2.44. The number of halogens is 4. The van der Waals surface area contributed by atoms with Crippen molar-refractivity contribution in [1.29, 1.82) is 0 Å². The van der Waals surface area contributed by atoms with Crippen LogP contribution in [0.4, 0.5) is 17.6 Å². The molecule has 3 N–H and O–H groups in total. The molecular weight excluding hydrogens is 258 g/mol. The summed E-state index contributed by atoms with van der Waals surface area (Å²) in [7, 11) is 0. The van der Waals surface area contributed by atoms with Gasteiger partial charge >= 0.3 is 6.29 Å². The van der Waals surface area contributed by atoms with E-state index in [9.17, 15) is 17.6 Å². The minimum absolute atomic E-state index is 0.144. The fourth-order valence-electron chi connectivity index (χ4n) is 1.50. The Kier molecular flexibility index (Phi) is 2.86. The lowest BCUT2D eigenvalue weighted by Gasteiger charge is -2.21. The van der Waals surface area contributed by atoms with Gasteiger partial charge in [-0.05, 0) is 17.7 Å². The van der Waals surface area contributed by atoms with E-state index in [1.54, 1.807) is 0 Å². The van der Waals surface area contributed by atoms with E-state index in [-0.39, 0.29) is 17.1 Å². The first-order valence-electron chi connectivity index (χ1n) is 4.89. The second-order valence-electron chi connectivity index (χ2n) is 3.77. The van der Waals surface area contributed by atoms with E-state index in [1.165, 1.54) is 0 Å². The molecule has 0 unspecified atom stereocenters. The van der Waals surface area contributed by atoms with Crippen molar-refractivity contribution in [1.82, 2.24) is 0 Å². The zero-order valence-corrected chi connectivity index (χ0v) is 8.87. The number of alkyl halides is 4. The highest BCUT2D eigenvalue weighted by molar-refractivity contribution is 5.46. The minimum atomic E-state index is -3.81. The molecule has 8 heteroatoms. The van der Waals surface area contributed by atoms with Crippen LogP contribution in [0.5, 0.6) is 11.5 Å². The van der Waals surface area contributed by atoms with Gasteiger partial charge in [0.25, 0.3) is 5.92 Å². The highest BCUT2D eigenvalue weighted by atomic mass is 19.3. The van der Waals surface area contributed by atoms with Crippen LogP contribution < -0.4 is 15.2 Å². The summed E-state index contributed by atoms with van der Waals surface area (Å²) in [5, 5.41) is 8.50. The normalized spacial score (nSPS) is 18.8. The van der Waals surface area contributed by atoms with Crippen LogP contribution in [0, 0.1) is 0 Å². The van der Waals surface area contributed by atoms with Gasteiger partial charge < -0.3 is 20.3 Å². The maximum Gasteiger partial charge on any atom is 0.586 e. The molecule has 0 bridgehead atoms. The number of hydrogen-bond acceptors (Lipinski definition) is 4. The molecule has 0 amide bonds. The molecule has 18 heavy (non-hydrogen) atoms. The van der Waals surface area contributed by atoms with E-state index in [2.05, 4.69) is 9.47 Å². The van der Waals surface area contributed by atoms with E-state index >= 15 is 0 Å². The van der Waals surface area contributed by atoms with Crippen molar-refractivity contribution in [3.63, 3.8) is 0 Å². The van der Waals surface area contributed by atoms with Gasteiger partial charge in [-0.3, -0.25) is 0 Å². The summed E-state index contributed by atoms with van der Waals surface area (Å²) >= 11 is 0. The zero-order chi connectivity index (χ0) is 13.6. The highest BCUT2D eigenvalue weighted by Crippen LogP contribution is 2.43. The summed E-state index contributed by atoms with van der Waals surface area (Å²) in [5.41, 5.74) is 5.11. The van der Waals surface area contributed by atoms with Crippen LogP contribution in [0.15, 0.2) is 18.2 Å². The van der Waals surface area contributed by atoms with Crippen molar-refractivity contribution >= 4 is 0 Å². The average molecular weight is 267 g/mol. The topological polar surface area (TPSA) is 64.7 Å². The molecular formula is C10H9F4NO3. The molecule has 1 heterocycles. The Bertz CT molecular complexity index is 466. The lowest BCUT2D eigenvalue weighted by Crippen LogP contribution is -2.36. The first kappa shape index (κ1) is 12.9. The number of nitrogens with two attached hydrogens (primary N) is 1. The summed E-state index contributed by atoms with van der Waals surface area (Å²) in [4.78, 5) is 0. The molecule has 1 aliphatic heterocycles. The third-order valence-electron chi connectivity index (χ3n) is 2.45. The molecule has 1 aliphatic rings. The Morgan fingerprint density at radius 1 is 1.28 bits per heavy atom. The summed E-state index contributed by atoms with van der Waals surface area (Å²) in [6, 6.07) is 1.27. The zero-order valence-electron chi connectivity index (χ0n) is 8.87. The number of benzene rings is 1. The number of aliphatic hydroxyl groups excluding tert-OH is 1. The molecule has 1 aromatic rings. The Morgan fingerprint density at radius 2 is 1.89 bits per heavy atom. The Morgan fingerprint density at radius 3 is 2.50 bits per heavy atom. The van der Waals surface area contributed by atoms with Crippen molar-refractivity contribution in [2.24, 2.45) is 5.73 Å². The van der Waals surface area contributed by atoms with Gasteiger partial charge in [0.05, 0.1) is 6.04 Å². The van der Waals surface area contributed by atoms with Crippen molar-refractivity contribution in [2.75, 3.05) is 6.61 Å². The first-order valence-corrected chi connectivity index (χ1v) is 4.89. The quantitative estimate of drug-likeness (QED) is 0.817. The molecule has 0 fully saturated rings. The van der Waals surface area contributed by atoms with Gasteiger partial charge in [0.2, 0.25) is 0 Å². The molecule has 0 saturated carbocycles. The smallest absolute Gasteiger partial charge is 0.395 e. The van der Waals surface area contributed by atoms with E-state index in [0.717, 1.165) is 18.2 Å². The predicted octanol–water partition coefficient (Wildman–Crippen LogP) is 1.64. The summed E-state index contributed by atoms with van der Waals surface area (Å²) in [5.74, 6) is -4.19. The Balaban J connectivity index is 2.29. The van der Waals surface area contributed by atoms with Crippen molar-refractivity contribution in [3.8, 4) is 11.5 Å². The summed E-state index contributed by atoms with van der Waals surface area (Å²) < 4.78 is 59.9. The van der Waals surface area contributed by atoms with Crippen LogP contribution in [0.3, 0.4) is 0 Å². The molecule has 0 spiro atoms. The standard InChI is InChI=1S/C10H9F4NO3/c11-9(12,4-16)8(15)5-1-2-6-7(3-5)18-10(13,14)17-6/h1-3,8,16H,4,15H2/t8-/m0/s1. The van der Waals surface area contributed by atoms with Gasteiger partial charge in [0.1, 0.15) is 6.61 Å². The Hall–Kier alpha value is -1.54. The van der Waals surface area contributed by atoms with Crippen LogP contribution in [0.1, 0.15) is 11.6 Å². The SMILES string of the molecule is N[C@@H](c1ccc2c(c1)OC(F)(F)O2)C(F)(F)CO. The van der Waals surface area contributed by atoms with Crippen LogP contribution >= 0.6 is 0 Å². The lowest BCUT2D eigenvalue weighted by molar-refractivity contribution is -0.286. The second kappa shape index (κ2) is 3.99. The summed E-state index contributed by atoms with van der Waals surface area (Å²) in [6.07, 6.45) is -3.81. The maximum absolute atomic E-state index is 13.1. The van der Waals surface area contributed by atoms with Crippen molar-refractivity contribution in [2.45, 2.75) is 18.3 Å². The first-order chi connectivity index (χ1) is 8.25. The van der Waals surface area contributed by atoms with Crippen molar-refractivity contribution < 1.29 is 32.1 Å². The number of ether oxygens (including phenoxy) is 2. The second-order valence-corrected chi connectivity index (χ2v) is 3.77. The fourth-order valence-corrected chi connectivity index (χ4v) is 1.50. The van der Waals surface area contributed by atoms with Gasteiger partial charge in [0.15, 0.2) is 11.5 Å². The third kappa shape index (κ3) is 2.21. The molecule has 4 nitrogen and oxygen atoms in total. The van der Waals surface area contributed by atoms with Gasteiger partial charge in [-0.1, -0.05) is 6.07 Å². The molecule has 0 saturated heterocycles.